The molecule has 2 aromatic carbocycles. The van der Waals surface area contributed by atoms with Crippen LogP contribution in [0.25, 0.3) is 0 Å². The summed E-state index contributed by atoms with van der Waals surface area (Å²) in [6, 6.07) is 13.5. The summed E-state index contributed by atoms with van der Waals surface area (Å²) in [6.07, 6.45) is -3.90. The Kier molecular flexibility index (Phi) is 5.67. The van der Waals surface area contributed by atoms with Gasteiger partial charge >= 0.3 is 6.18 Å². The Labute approximate surface area is 170 Å². The van der Waals surface area contributed by atoms with Crippen LogP contribution in [-0.4, -0.2) is 24.2 Å². The van der Waals surface area contributed by atoms with Crippen LogP contribution in [0.1, 0.15) is 35.8 Å². The molecule has 0 N–H and O–H groups in total. The maximum Gasteiger partial charge on any atom is 0.393 e. The number of piperidine rings is 1. The third kappa shape index (κ3) is 4.36. The molecule has 28 heavy (non-hydrogen) atoms. The molecular weight excluding hydrogens is 435 g/mol. The predicted octanol–water partition coefficient (Wildman–Crippen LogP) is 5.83. The first kappa shape index (κ1) is 19.7. The second kappa shape index (κ2) is 8.05. The average Bonchev–Trinajstić information content (AvgIpc) is 2.68. The van der Waals surface area contributed by atoms with Crippen molar-refractivity contribution in [3.05, 3.63) is 63.6 Å². The van der Waals surface area contributed by atoms with E-state index in [9.17, 15) is 13.2 Å². The molecule has 0 spiro atoms. The second-order valence-electron chi connectivity index (χ2n) is 7.34. The van der Waals surface area contributed by atoms with Crippen molar-refractivity contribution in [3.63, 3.8) is 0 Å². The van der Waals surface area contributed by atoms with Gasteiger partial charge in [0.2, 0.25) is 6.29 Å². The van der Waals surface area contributed by atoms with E-state index in [2.05, 4.69) is 15.9 Å². The molecule has 2 atom stereocenters. The zero-order valence-corrected chi connectivity index (χ0v) is 16.8. The topological polar surface area (TPSA) is 21.7 Å². The Bertz CT molecular complexity index is 828. The van der Waals surface area contributed by atoms with Gasteiger partial charge in [0.15, 0.2) is 0 Å². The van der Waals surface area contributed by atoms with E-state index in [0.717, 1.165) is 26.9 Å². The van der Waals surface area contributed by atoms with Crippen LogP contribution < -0.4 is 4.74 Å². The van der Waals surface area contributed by atoms with Crippen LogP contribution in [-0.2, 0) is 17.9 Å². The molecule has 1 fully saturated rings. The van der Waals surface area contributed by atoms with Crippen molar-refractivity contribution >= 4 is 15.9 Å². The van der Waals surface area contributed by atoms with E-state index in [1.165, 1.54) is 0 Å². The fourth-order valence-corrected chi connectivity index (χ4v) is 4.43. The van der Waals surface area contributed by atoms with E-state index in [4.69, 9.17) is 9.47 Å². The first-order valence-corrected chi connectivity index (χ1v) is 10.1. The lowest BCUT2D eigenvalue weighted by molar-refractivity contribution is -0.187. The summed E-state index contributed by atoms with van der Waals surface area (Å²) in [5.41, 5.74) is 2.70. The SMILES string of the molecule is FC(F)(F)[C@H]1CCCN(Cc2cc(Br)cc3c2O[C@H](c2ccccc2)OC3)C1. The van der Waals surface area contributed by atoms with Gasteiger partial charge in [0.05, 0.1) is 12.5 Å². The first-order chi connectivity index (χ1) is 13.4. The van der Waals surface area contributed by atoms with Gasteiger partial charge in [-0.15, -0.1) is 0 Å². The van der Waals surface area contributed by atoms with Crippen LogP contribution in [0.2, 0.25) is 0 Å². The molecule has 150 valence electrons. The second-order valence-corrected chi connectivity index (χ2v) is 8.26. The van der Waals surface area contributed by atoms with Crippen molar-refractivity contribution in [1.82, 2.24) is 4.90 Å². The molecule has 0 amide bonds. The molecule has 0 bridgehead atoms. The Hall–Kier alpha value is -1.57. The number of hydrogen-bond donors (Lipinski definition) is 0. The van der Waals surface area contributed by atoms with Crippen molar-refractivity contribution in [2.45, 2.75) is 38.5 Å². The number of nitrogens with zero attached hydrogens (tertiary/aromatic N) is 1. The van der Waals surface area contributed by atoms with Crippen LogP contribution in [0.15, 0.2) is 46.9 Å². The largest absolute Gasteiger partial charge is 0.460 e. The number of fused-ring (bicyclic) bond motifs is 1. The number of benzene rings is 2. The monoisotopic (exact) mass is 455 g/mol. The van der Waals surface area contributed by atoms with E-state index in [0.29, 0.717) is 26.1 Å². The Morgan fingerprint density at radius 2 is 1.93 bits per heavy atom. The number of alkyl halides is 3. The Morgan fingerprint density at radius 3 is 2.68 bits per heavy atom. The maximum atomic E-state index is 13.2. The average molecular weight is 456 g/mol. The lowest BCUT2D eigenvalue weighted by atomic mass is 9.96. The van der Waals surface area contributed by atoms with Gasteiger partial charge in [-0.05, 0) is 31.5 Å². The van der Waals surface area contributed by atoms with Gasteiger partial charge in [0.25, 0.3) is 0 Å². The molecule has 3 nitrogen and oxygen atoms in total. The minimum atomic E-state index is -4.14. The van der Waals surface area contributed by atoms with Crippen molar-refractivity contribution in [3.8, 4) is 5.75 Å². The summed E-state index contributed by atoms with van der Waals surface area (Å²) in [5.74, 6) is -0.539. The fourth-order valence-electron chi connectivity index (χ4n) is 3.88. The molecule has 2 aliphatic rings. The number of likely N-dealkylation sites (tertiary alicyclic amines) is 1. The fraction of sp³-hybridized carbons (Fsp3) is 0.429. The number of ether oxygens (including phenoxy) is 2. The number of rotatable bonds is 3. The number of hydrogen-bond acceptors (Lipinski definition) is 3. The lowest BCUT2D eigenvalue weighted by Gasteiger charge is -2.35. The molecule has 0 radical (unpaired) electrons. The summed E-state index contributed by atoms with van der Waals surface area (Å²) in [6.45, 7) is 1.51. The van der Waals surface area contributed by atoms with Crippen molar-refractivity contribution in [2.24, 2.45) is 5.92 Å². The van der Waals surface area contributed by atoms with Crippen molar-refractivity contribution in [2.75, 3.05) is 13.1 Å². The predicted molar refractivity (Wildman–Crippen MR) is 103 cm³/mol. The molecule has 1 saturated heterocycles. The zero-order valence-electron chi connectivity index (χ0n) is 15.2. The minimum absolute atomic E-state index is 0.0312. The summed E-state index contributed by atoms with van der Waals surface area (Å²) in [7, 11) is 0. The molecule has 2 aliphatic heterocycles. The maximum absolute atomic E-state index is 13.2. The van der Waals surface area contributed by atoms with Crippen LogP contribution in [0.5, 0.6) is 5.75 Å². The Balaban J connectivity index is 1.56. The third-order valence-corrected chi connectivity index (χ3v) is 5.71. The lowest BCUT2D eigenvalue weighted by Crippen LogP contribution is -2.41. The third-order valence-electron chi connectivity index (χ3n) is 5.26. The summed E-state index contributed by atoms with van der Waals surface area (Å²) < 4.78 is 52.3. The molecule has 2 heterocycles. The van der Waals surface area contributed by atoms with E-state index in [1.807, 2.05) is 47.4 Å². The van der Waals surface area contributed by atoms with E-state index in [-0.39, 0.29) is 13.0 Å². The van der Waals surface area contributed by atoms with E-state index >= 15 is 0 Å². The van der Waals surface area contributed by atoms with Crippen molar-refractivity contribution < 1.29 is 22.6 Å². The van der Waals surface area contributed by atoms with Gasteiger partial charge < -0.3 is 9.47 Å². The van der Waals surface area contributed by atoms with Crippen LogP contribution in [0.3, 0.4) is 0 Å². The molecule has 2 aromatic rings. The number of halogens is 4. The van der Waals surface area contributed by atoms with Gasteiger partial charge in [0.1, 0.15) is 5.75 Å². The van der Waals surface area contributed by atoms with Crippen molar-refractivity contribution in [1.29, 1.82) is 0 Å². The van der Waals surface area contributed by atoms with Gasteiger partial charge in [-0.3, -0.25) is 4.90 Å². The highest BCUT2D eigenvalue weighted by atomic mass is 79.9. The summed E-state index contributed by atoms with van der Waals surface area (Å²) in [5, 5.41) is 0. The smallest absolute Gasteiger partial charge is 0.393 e. The standard InChI is InChI=1S/C21H21BrF3NO2/c22-18-9-15(11-26-8-4-7-17(12-26)21(23,24)25)19-16(10-18)13-27-20(28-19)14-5-2-1-3-6-14/h1-3,5-6,9-10,17,20H,4,7-8,11-13H2/t17-,20+/m0/s1. The van der Waals surface area contributed by atoms with E-state index < -0.39 is 18.4 Å². The van der Waals surface area contributed by atoms with Crippen LogP contribution in [0, 0.1) is 5.92 Å². The molecule has 0 saturated carbocycles. The molecule has 0 unspecified atom stereocenters. The van der Waals surface area contributed by atoms with Gasteiger partial charge in [0, 0.05) is 34.3 Å². The van der Waals surface area contributed by atoms with Crippen LogP contribution >= 0.6 is 15.9 Å². The highest BCUT2D eigenvalue weighted by molar-refractivity contribution is 9.10. The van der Waals surface area contributed by atoms with E-state index in [1.54, 1.807) is 0 Å². The molecule has 4 rings (SSSR count). The van der Waals surface area contributed by atoms with Crippen LogP contribution in [0.4, 0.5) is 13.2 Å². The van der Waals surface area contributed by atoms with Gasteiger partial charge in [-0.25, -0.2) is 0 Å². The Morgan fingerprint density at radius 1 is 1.14 bits per heavy atom. The molecule has 0 aliphatic carbocycles. The highest BCUT2D eigenvalue weighted by Crippen LogP contribution is 2.39. The van der Waals surface area contributed by atoms with Gasteiger partial charge in [-0.2, -0.15) is 13.2 Å². The summed E-state index contributed by atoms with van der Waals surface area (Å²) in [4.78, 5) is 1.88. The van der Waals surface area contributed by atoms with Gasteiger partial charge in [-0.1, -0.05) is 46.3 Å². The highest BCUT2D eigenvalue weighted by Gasteiger charge is 2.41. The summed E-state index contributed by atoms with van der Waals surface area (Å²) >= 11 is 3.50. The molecule has 7 heteroatoms. The molecular formula is C21H21BrF3NO2. The quantitative estimate of drug-likeness (QED) is 0.580. The minimum Gasteiger partial charge on any atom is -0.460 e. The zero-order chi connectivity index (χ0) is 19.7. The first-order valence-electron chi connectivity index (χ1n) is 9.34. The molecule has 0 aromatic heterocycles. The normalized spacial score (nSPS) is 23.1.